The highest BCUT2D eigenvalue weighted by Gasteiger charge is 2.34. The average molecular weight is 256 g/mol. The molecule has 1 saturated heterocycles. The quantitative estimate of drug-likeness (QED) is 0.813. The van der Waals surface area contributed by atoms with Gasteiger partial charge in [-0.15, -0.1) is 0 Å². The van der Waals surface area contributed by atoms with Gasteiger partial charge in [0.1, 0.15) is 5.60 Å². The summed E-state index contributed by atoms with van der Waals surface area (Å²) in [5, 5.41) is 3.46. The molecule has 1 fully saturated rings. The van der Waals surface area contributed by atoms with Gasteiger partial charge < -0.3 is 15.0 Å². The van der Waals surface area contributed by atoms with Crippen LogP contribution in [0.1, 0.15) is 40.5 Å². The highest BCUT2D eigenvalue weighted by molar-refractivity contribution is 5.84. The molecule has 1 aliphatic rings. The topological polar surface area (TPSA) is 41.6 Å². The second kappa shape index (κ2) is 6.53. The van der Waals surface area contributed by atoms with Crippen molar-refractivity contribution in [3.63, 3.8) is 0 Å². The van der Waals surface area contributed by atoms with E-state index in [9.17, 15) is 4.79 Å². The van der Waals surface area contributed by atoms with Gasteiger partial charge in [-0.1, -0.05) is 13.8 Å². The normalized spacial score (nSPS) is 21.4. The zero-order valence-corrected chi connectivity index (χ0v) is 12.5. The van der Waals surface area contributed by atoms with Crippen molar-refractivity contribution in [1.29, 1.82) is 0 Å². The van der Waals surface area contributed by atoms with Crippen LogP contribution in [0.25, 0.3) is 0 Å². The second-order valence-corrected chi connectivity index (χ2v) is 6.04. The van der Waals surface area contributed by atoms with Gasteiger partial charge in [-0.05, 0) is 39.2 Å². The Kier molecular flexibility index (Phi) is 5.60. The van der Waals surface area contributed by atoms with Crippen molar-refractivity contribution in [2.24, 2.45) is 5.92 Å². The number of methoxy groups -OCH3 is 1. The molecule has 106 valence electrons. The van der Waals surface area contributed by atoms with Crippen LogP contribution in [0.15, 0.2) is 0 Å². The zero-order chi connectivity index (χ0) is 13.8. The monoisotopic (exact) mass is 256 g/mol. The van der Waals surface area contributed by atoms with E-state index >= 15 is 0 Å². The lowest BCUT2D eigenvalue weighted by molar-refractivity contribution is -0.152. The van der Waals surface area contributed by atoms with Crippen LogP contribution in [-0.2, 0) is 9.53 Å². The first kappa shape index (κ1) is 15.4. The SMILES string of the molecule is COC(C)(C)C(=O)N1CCCC(CNC(C)C)C1. The van der Waals surface area contributed by atoms with Crippen molar-refractivity contribution in [1.82, 2.24) is 10.2 Å². The Bertz CT molecular complexity index is 277. The van der Waals surface area contributed by atoms with E-state index in [0.29, 0.717) is 12.0 Å². The lowest BCUT2D eigenvalue weighted by Gasteiger charge is -2.37. The molecular formula is C14H28N2O2. The molecule has 0 aromatic rings. The molecule has 1 atom stereocenters. The first-order valence-corrected chi connectivity index (χ1v) is 6.94. The number of hydrogen-bond acceptors (Lipinski definition) is 3. The Morgan fingerprint density at radius 3 is 2.72 bits per heavy atom. The summed E-state index contributed by atoms with van der Waals surface area (Å²) in [4.78, 5) is 14.3. The molecule has 0 saturated carbocycles. The predicted octanol–water partition coefficient (Wildman–Crippen LogP) is 1.65. The molecule has 1 aliphatic heterocycles. The number of rotatable bonds is 5. The van der Waals surface area contributed by atoms with E-state index in [2.05, 4.69) is 19.2 Å². The number of carbonyl (C=O) groups excluding carboxylic acids is 1. The summed E-state index contributed by atoms with van der Waals surface area (Å²) < 4.78 is 5.28. The van der Waals surface area contributed by atoms with Crippen molar-refractivity contribution in [3.8, 4) is 0 Å². The van der Waals surface area contributed by atoms with Crippen LogP contribution in [-0.4, -0.2) is 49.2 Å². The highest BCUT2D eigenvalue weighted by atomic mass is 16.5. The van der Waals surface area contributed by atoms with Gasteiger partial charge in [0.25, 0.3) is 5.91 Å². The summed E-state index contributed by atoms with van der Waals surface area (Å²) in [7, 11) is 1.60. The number of carbonyl (C=O) groups is 1. The average Bonchev–Trinajstić information content (AvgIpc) is 2.35. The summed E-state index contributed by atoms with van der Waals surface area (Å²) >= 11 is 0. The fraction of sp³-hybridized carbons (Fsp3) is 0.929. The maximum atomic E-state index is 12.3. The Morgan fingerprint density at radius 2 is 2.17 bits per heavy atom. The minimum atomic E-state index is -0.701. The molecule has 1 unspecified atom stereocenters. The highest BCUT2D eigenvalue weighted by Crippen LogP contribution is 2.20. The molecule has 0 spiro atoms. The molecule has 0 aliphatic carbocycles. The third kappa shape index (κ3) is 4.25. The van der Waals surface area contributed by atoms with Crippen LogP contribution in [0.3, 0.4) is 0 Å². The van der Waals surface area contributed by atoms with Crippen molar-refractivity contribution >= 4 is 5.91 Å². The van der Waals surface area contributed by atoms with E-state index < -0.39 is 5.60 Å². The van der Waals surface area contributed by atoms with Gasteiger partial charge in [-0.3, -0.25) is 4.79 Å². The van der Waals surface area contributed by atoms with Crippen LogP contribution in [0.5, 0.6) is 0 Å². The number of hydrogen-bond donors (Lipinski definition) is 1. The molecule has 1 N–H and O–H groups in total. The second-order valence-electron chi connectivity index (χ2n) is 6.04. The molecule has 1 amide bonds. The summed E-state index contributed by atoms with van der Waals surface area (Å²) in [6.07, 6.45) is 2.30. The lowest BCUT2D eigenvalue weighted by atomic mass is 9.96. The Labute approximate surface area is 111 Å². The first-order valence-electron chi connectivity index (χ1n) is 6.94. The van der Waals surface area contributed by atoms with Crippen LogP contribution in [0.4, 0.5) is 0 Å². The fourth-order valence-corrected chi connectivity index (χ4v) is 2.29. The number of nitrogens with one attached hydrogen (secondary N) is 1. The summed E-state index contributed by atoms with van der Waals surface area (Å²) in [6, 6.07) is 0.506. The van der Waals surface area contributed by atoms with Gasteiger partial charge in [0.2, 0.25) is 0 Å². The summed E-state index contributed by atoms with van der Waals surface area (Å²) in [5.41, 5.74) is -0.701. The minimum Gasteiger partial charge on any atom is -0.369 e. The predicted molar refractivity (Wildman–Crippen MR) is 73.5 cm³/mol. The van der Waals surface area contributed by atoms with Gasteiger partial charge >= 0.3 is 0 Å². The Morgan fingerprint density at radius 1 is 1.50 bits per heavy atom. The third-order valence-corrected chi connectivity index (χ3v) is 3.65. The van der Waals surface area contributed by atoms with E-state index in [-0.39, 0.29) is 5.91 Å². The number of piperidine rings is 1. The van der Waals surface area contributed by atoms with Crippen molar-refractivity contribution < 1.29 is 9.53 Å². The molecule has 0 aromatic heterocycles. The van der Waals surface area contributed by atoms with E-state index in [4.69, 9.17) is 4.74 Å². The Balaban J connectivity index is 2.50. The smallest absolute Gasteiger partial charge is 0.254 e. The summed E-state index contributed by atoms with van der Waals surface area (Å²) in [5.74, 6) is 0.678. The Hall–Kier alpha value is -0.610. The fourth-order valence-electron chi connectivity index (χ4n) is 2.29. The van der Waals surface area contributed by atoms with Crippen molar-refractivity contribution in [2.45, 2.75) is 52.2 Å². The number of ether oxygens (including phenoxy) is 1. The zero-order valence-electron chi connectivity index (χ0n) is 12.5. The molecule has 4 heteroatoms. The molecule has 1 rings (SSSR count). The molecule has 18 heavy (non-hydrogen) atoms. The van der Waals surface area contributed by atoms with E-state index in [1.165, 1.54) is 6.42 Å². The van der Waals surface area contributed by atoms with E-state index in [1.807, 2.05) is 18.7 Å². The van der Waals surface area contributed by atoms with Gasteiger partial charge in [-0.25, -0.2) is 0 Å². The van der Waals surface area contributed by atoms with Crippen LogP contribution >= 0.6 is 0 Å². The maximum absolute atomic E-state index is 12.3. The first-order chi connectivity index (χ1) is 8.36. The number of amides is 1. The van der Waals surface area contributed by atoms with E-state index in [1.54, 1.807) is 7.11 Å². The molecule has 0 bridgehead atoms. The van der Waals surface area contributed by atoms with E-state index in [0.717, 1.165) is 26.1 Å². The molecule has 4 nitrogen and oxygen atoms in total. The van der Waals surface area contributed by atoms with Gasteiger partial charge in [0, 0.05) is 26.2 Å². The third-order valence-electron chi connectivity index (χ3n) is 3.65. The molecular weight excluding hydrogens is 228 g/mol. The minimum absolute atomic E-state index is 0.110. The largest absolute Gasteiger partial charge is 0.369 e. The number of likely N-dealkylation sites (tertiary alicyclic amines) is 1. The standard InChI is InChI=1S/C14H28N2O2/c1-11(2)15-9-12-7-6-8-16(10-12)13(17)14(3,4)18-5/h11-12,15H,6-10H2,1-5H3. The maximum Gasteiger partial charge on any atom is 0.254 e. The van der Waals surface area contributed by atoms with Crippen LogP contribution in [0, 0.1) is 5.92 Å². The van der Waals surface area contributed by atoms with Crippen molar-refractivity contribution in [3.05, 3.63) is 0 Å². The lowest BCUT2D eigenvalue weighted by Crippen LogP contribution is -2.51. The van der Waals surface area contributed by atoms with Crippen LogP contribution < -0.4 is 5.32 Å². The summed E-state index contributed by atoms with van der Waals surface area (Å²) in [6.45, 7) is 10.7. The number of nitrogens with zero attached hydrogens (tertiary/aromatic N) is 1. The molecule has 0 radical (unpaired) electrons. The van der Waals surface area contributed by atoms with Crippen LogP contribution in [0.2, 0.25) is 0 Å². The van der Waals surface area contributed by atoms with Gasteiger partial charge in [0.15, 0.2) is 0 Å². The van der Waals surface area contributed by atoms with Crippen molar-refractivity contribution in [2.75, 3.05) is 26.7 Å². The molecule has 1 heterocycles. The van der Waals surface area contributed by atoms with Gasteiger partial charge in [0.05, 0.1) is 0 Å². The van der Waals surface area contributed by atoms with Gasteiger partial charge in [-0.2, -0.15) is 0 Å². The molecule has 0 aromatic carbocycles.